The Balaban J connectivity index is 4.28. The Morgan fingerprint density at radius 2 is 1.68 bits per heavy atom. The van der Waals surface area contributed by atoms with Gasteiger partial charge in [0.05, 0.1) is 6.42 Å². The van der Waals surface area contributed by atoms with E-state index in [1.165, 1.54) is 0 Å². The predicted molar refractivity (Wildman–Crippen MR) is 68.8 cm³/mol. The highest BCUT2D eigenvalue weighted by Gasteiger charge is 2.24. The van der Waals surface area contributed by atoms with Gasteiger partial charge in [-0.3, -0.25) is 4.79 Å². The zero-order chi connectivity index (χ0) is 15.2. The van der Waals surface area contributed by atoms with E-state index in [4.69, 9.17) is 10.2 Å². The summed E-state index contributed by atoms with van der Waals surface area (Å²) in [5.41, 5.74) is 0.0144. The zero-order valence-electron chi connectivity index (χ0n) is 11.7. The molecule has 7 nitrogen and oxygen atoms in total. The fourth-order valence-electron chi connectivity index (χ4n) is 1.14. The van der Waals surface area contributed by atoms with E-state index in [0.717, 1.165) is 0 Å². The Morgan fingerprint density at radius 1 is 1.16 bits per heavy atom. The molecule has 1 unspecified atom stereocenters. The maximum atomic E-state index is 11.5. The van der Waals surface area contributed by atoms with Gasteiger partial charge in [-0.2, -0.15) is 0 Å². The summed E-state index contributed by atoms with van der Waals surface area (Å²) >= 11 is 0. The summed E-state index contributed by atoms with van der Waals surface area (Å²) in [6.45, 7) is 8.44. The van der Waals surface area contributed by atoms with Crippen LogP contribution in [0.5, 0.6) is 0 Å². The van der Waals surface area contributed by atoms with Gasteiger partial charge in [-0.25, -0.2) is 9.59 Å². The molecule has 2 amide bonds. The second kappa shape index (κ2) is 6.96. The SMILES string of the molecule is CC(CNC(=O)N[C@@H](CC(=O)O)C(=O)O)C(C)(C)C. The van der Waals surface area contributed by atoms with Crippen molar-refractivity contribution in [3.05, 3.63) is 0 Å². The van der Waals surface area contributed by atoms with Crippen LogP contribution >= 0.6 is 0 Å². The number of carbonyl (C=O) groups excluding carboxylic acids is 1. The second-order valence-electron chi connectivity index (χ2n) is 5.61. The van der Waals surface area contributed by atoms with Crippen molar-refractivity contribution in [1.29, 1.82) is 0 Å². The molecule has 0 saturated carbocycles. The number of rotatable bonds is 6. The molecule has 0 rings (SSSR count). The van der Waals surface area contributed by atoms with E-state index in [2.05, 4.69) is 10.6 Å². The summed E-state index contributed by atoms with van der Waals surface area (Å²) < 4.78 is 0. The Morgan fingerprint density at radius 3 is 2.05 bits per heavy atom. The molecular formula is C12H22N2O5. The van der Waals surface area contributed by atoms with Crippen LogP contribution < -0.4 is 10.6 Å². The Labute approximate surface area is 112 Å². The van der Waals surface area contributed by atoms with Crippen molar-refractivity contribution in [2.24, 2.45) is 11.3 Å². The van der Waals surface area contributed by atoms with Crippen LogP contribution in [-0.2, 0) is 9.59 Å². The average molecular weight is 274 g/mol. The molecule has 0 aliphatic rings. The van der Waals surface area contributed by atoms with Crippen LogP contribution in [0.4, 0.5) is 4.79 Å². The maximum Gasteiger partial charge on any atom is 0.326 e. The van der Waals surface area contributed by atoms with Crippen molar-refractivity contribution >= 4 is 18.0 Å². The van der Waals surface area contributed by atoms with Crippen LogP contribution in [0.15, 0.2) is 0 Å². The van der Waals surface area contributed by atoms with Crippen LogP contribution in [0.3, 0.4) is 0 Å². The number of hydrogen-bond acceptors (Lipinski definition) is 3. The van der Waals surface area contributed by atoms with Crippen LogP contribution in [0.25, 0.3) is 0 Å². The normalized spacial score (nSPS) is 14.3. The Bertz CT molecular complexity index is 349. The summed E-state index contributed by atoms with van der Waals surface area (Å²) in [5, 5.41) is 22.0. The number of amides is 2. The van der Waals surface area contributed by atoms with E-state index in [-0.39, 0.29) is 11.3 Å². The monoisotopic (exact) mass is 274 g/mol. The number of aliphatic carboxylic acids is 2. The summed E-state index contributed by atoms with van der Waals surface area (Å²) in [5.74, 6) is -2.46. The maximum absolute atomic E-state index is 11.5. The van der Waals surface area contributed by atoms with Gasteiger partial charge in [-0.1, -0.05) is 27.7 Å². The van der Waals surface area contributed by atoms with Gasteiger partial charge in [0.2, 0.25) is 0 Å². The first-order valence-electron chi connectivity index (χ1n) is 6.03. The predicted octanol–water partition coefficient (Wildman–Crippen LogP) is 0.896. The lowest BCUT2D eigenvalue weighted by Crippen LogP contribution is -2.48. The first-order chi connectivity index (χ1) is 8.54. The lowest BCUT2D eigenvalue weighted by molar-refractivity contribution is -0.145. The third-order valence-corrected chi connectivity index (χ3v) is 3.03. The van der Waals surface area contributed by atoms with Crippen LogP contribution in [-0.4, -0.2) is 40.8 Å². The molecule has 0 aromatic heterocycles. The van der Waals surface area contributed by atoms with Crippen molar-refractivity contribution in [2.45, 2.75) is 40.2 Å². The molecule has 0 aliphatic heterocycles. The van der Waals surface area contributed by atoms with Crippen LogP contribution in [0.2, 0.25) is 0 Å². The van der Waals surface area contributed by atoms with Crippen LogP contribution in [0.1, 0.15) is 34.1 Å². The van der Waals surface area contributed by atoms with Gasteiger partial charge >= 0.3 is 18.0 Å². The smallest absolute Gasteiger partial charge is 0.326 e. The number of carbonyl (C=O) groups is 3. The second-order valence-corrected chi connectivity index (χ2v) is 5.61. The third kappa shape index (κ3) is 7.28. The average Bonchev–Trinajstić information content (AvgIpc) is 2.22. The quantitative estimate of drug-likeness (QED) is 0.574. The minimum Gasteiger partial charge on any atom is -0.481 e. The summed E-state index contributed by atoms with van der Waals surface area (Å²) in [4.78, 5) is 32.7. The van der Waals surface area contributed by atoms with Gasteiger partial charge in [0.1, 0.15) is 6.04 Å². The number of hydrogen-bond donors (Lipinski definition) is 4. The largest absolute Gasteiger partial charge is 0.481 e. The van der Waals surface area contributed by atoms with Gasteiger partial charge < -0.3 is 20.8 Å². The first-order valence-corrected chi connectivity index (χ1v) is 6.03. The van der Waals surface area contributed by atoms with E-state index < -0.39 is 30.4 Å². The van der Waals surface area contributed by atoms with Crippen molar-refractivity contribution in [3.8, 4) is 0 Å². The Kier molecular flexibility index (Phi) is 6.31. The number of urea groups is 1. The fraction of sp³-hybridized carbons (Fsp3) is 0.750. The molecule has 0 heterocycles. The molecule has 110 valence electrons. The molecule has 0 aromatic carbocycles. The van der Waals surface area contributed by atoms with Gasteiger partial charge in [0.15, 0.2) is 0 Å². The number of carboxylic acids is 2. The van der Waals surface area contributed by atoms with E-state index in [0.29, 0.717) is 6.54 Å². The highest BCUT2D eigenvalue weighted by atomic mass is 16.4. The van der Waals surface area contributed by atoms with Crippen molar-refractivity contribution in [3.63, 3.8) is 0 Å². The lowest BCUT2D eigenvalue weighted by atomic mass is 9.82. The lowest BCUT2D eigenvalue weighted by Gasteiger charge is -2.27. The molecule has 2 atom stereocenters. The third-order valence-electron chi connectivity index (χ3n) is 3.03. The van der Waals surface area contributed by atoms with Gasteiger partial charge in [-0.05, 0) is 11.3 Å². The van der Waals surface area contributed by atoms with Crippen molar-refractivity contribution < 1.29 is 24.6 Å². The molecule has 0 saturated heterocycles. The van der Waals surface area contributed by atoms with Crippen LogP contribution in [0, 0.1) is 11.3 Å². The number of nitrogens with one attached hydrogen (secondary N) is 2. The molecule has 19 heavy (non-hydrogen) atoms. The minimum absolute atomic E-state index is 0.0144. The fourth-order valence-corrected chi connectivity index (χ4v) is 1.14. The topological polar surface area (TPSA) is 116 Å². The number of carboxylic acid groups (broad SMARTS) is 2. The molecule has 0 radical (unpaired) electrons. The van der Waals surface area contributed by atoms with Crippen molar-refractivity contribution in [2.75, 3.05) is 6.54 Å². The van der Waals surface area contributed by atoms with E-state index >= 15 is 0 Å². The van der Waals surface area contributed by atoms with Gasteiger partial charge in [0, 0.05) is 6.54 Å². The standard InChI is InChI=1S/C12H22N2O5/c1-7(12(2,3)4)6-13-11(19)14-8(10(17)18)5-9(15)16/h7-8H,5-6H2,1-4H3,(H,15,16)(H,17,18)(H2,13,14,19)/t7?,8-/m0/s1. The first kappa shape index (κ1) is 17.2. The van der Waals surface area contributed by atoms with E-state index in [1.807, 2.05) is 27.7 Å². The highest BCUT2D eigenvalue weighted by molar-refractivity contribution is 5.86. The molecular weight excluding hydrogens is 252 g/mol. The van der Waals surface area contributed by atoms with E-state index in [1.54, 1.807) is 0 Å². The molecule has 0 fully saturated rings. The van der Waals surface area contributed by atoms with Gasteiger partial charge in [0.25, 0.3) is 0 Å². The summed E-state index contributed by atoms with van der Waals surface area (Å²) in [7, 11) is 0. The summed E-state index contributed by atoms with van der Waals surface area (Å²) in [6.07, 6.45) is -0.655. The molecule has 0 bridgehead atoms. The highest BCUT2D eigenvalue weighted by Crippen LogP contribution is 2.24. The van der Waals surface area contributed by atoms with Gasteiger partial charge in [-0.15, -0.1) is 0 Å². The summed E-state index contributed by atoms with van der Waals surface area (Å²) in [6, 6.07) is -2.10. The minimum atomic E-state index is -1.43. The zero-order valence-corrected chi connectivity index (χ0v) is 11.7. The molecule has 7 heteroatoms. The molecule has 4 N–H and O–H groups in total. The van der Waals surface area contributed by atoms with Crippen molar-refractivity contribution in [1.82, 2.24) is 10.6 Å². The van der Waals surface area contributed by atoms with E-state index in [9.17, 15) is 14.4 Å². The molecule has 0 aliphatic carbocycles. The Hall–Kier alpha value is -1.79. The molecule has 0 spiro atoms. The molecule has 0 aromatic rings.